The van der Waals surface area contributed by atoms with Gasteiger partial charge in [-0.1, -0.05) is 51.8 Å². The minimum absolute atomic E-state index is 0.227. The van der Waals surface area contributed by atoms with Crippen molar-refractivity contribution in [3.63, 3.8) is 0 Å². The lowest BCUT2D eigenvalue weighted by atomic mass is 10.1. The van der Waals surface area contributed by atoms with Gasteiger partial charge in [0.25, 0.3) is 11.8 Å². The smallest absolute Gasteiger partial charge is 0.271 e. The molecular weight excluding hydrogens is 418 g/mol. The predicted octanol–water partition coefficient (Wildman–Crippen LogP) is 4.77. The highest BCUT2D eigenvalue weighted by molar-refractivity contribution is 9.10. The first-order valence-electron chi connectivity index (χ1n) is 8.58. The molecule has 6 heteroatoms. The molecule has 0 saturated heterocycles. The Balaban J connectivity index is 1.64. The summed E-state index contributed by atoms with van der Waals surface area (Å²) in [7, 11) is 0. The molecule has 2 amide bonds. The molecule has 5 nitrogen and oxygen atoms in total. The van der Waals surface area contributed by atoms with Crippen LogP contribution in [0.1, 0.15) is 31.8 Å². The number of hydrogen-bond donors (Lipinski definition) is 2. The Labute approximate surface area is 171 Å². The van der Waals surface area contributed by atoms with E-state index < -0.39 is 0 Å². The van der Waals surface area contributed by atoms with Crippen LogP contribution in [0.15, 0.2) is 82.4 Å². The highest BCUT2D eigenvalue weighted by Crippen LogP contribution is 2.13. The van der Waals surface area contributed by atoms with Gasteiger partial charge in [0.1, 0.15) is 0 Å². The zero-order chi connectivity index (χ0) is 19.9. The number of anilines is 1. The summed E-state index contributed by atoms with van der Waals surface area (Å²) in [6.07, 6.45) is 1.56. The van der Waals surface area contributed by atoms with Gasteiger partial charge < -0.3 is 5.32 Å². The van der Waals surface area contributed by atoms with Crippen molar-refractivity contribution in [2.24, 2.45) is 5.10 Å². The second-order valence-corrected chi connectivity index (χ2v) is 7.07. The maximum atomic E-state index is 12.4. The molecule has 0 aromatic heterocycles. The zero-order valence-corrected chi connectivity index (χ0v) is 16.7. The number of nitrogens with zero attached hydrogens (tertiary/aromatic N) is 1. The van der Waals surface area contributed by atoms with Gasteiger partial charge in [-0.2, -0.15) is 5.10 Å². The van der Waals surface area contributed by atoms with Gasteiger partial charge in [0, 0.05) is 21.3 Å². The molecule has 0 bridgehead atoms. The Morgan fingerprint density at radius 2 is 1.57 bits per heavy atom. The third-order valence-corrected chi connectivity index (χ3v) is 4.44. The van der Waals surface area contributed by atoms with Crippen LogP contribution in [0.3, 0.4) is 0 Å². The van der Waals surface area contributed by atoms with Gasteiger partial charge in [0.2, 0.25) is 0 Å². The van der Waals surface area contributed by atoms with Crippen molar-refractivity contribution >= 4 is 39.6 Å². The first-order chi connectivity index (χ1) is 13.5. The Bertz CT molecular complexity index is 1030. The van der Waals surface area contributed by atoms with Gasteiger partial charge in [-0.15, -0.1) is 0 Å². The average Bonchev–Trinajstić information content (AvgIpc) is 2.69. The molecule has 0 atom stereocenters. The van der Waals surface area contributed by atoms with Crippen LogP contribution in [0, 0.1) is 6.92 Å². The molecule has 0 saturated carbocycles. The molecule has 0 spiro atoms. The van der Waals surface area contributed by atoms with E-state index in [1.54, 1.807) is 36.5 Å². The molecule has 140 valence electrons. The lowest BCUT2D eigenvalue weighted by Gasteiger charge is -2.07. The number of rotatable bonds is 5. The van der Waals surface area contributed by atoms with Crippen molar-refractivity contribution in [3.8, 4) is 0 Å². The summed E-state index contributed by atoms with van der Waals surface area (Å²) in [6.45, 7) is 1.93. The topological polar surface area (TPSA) is 70.6 Å². The van der Waals surface area contributed by atoms with Crippen molar-refractivity contribution in [1.29, 1.82) is 0 Å². The average molecular weight is 436 g/mol. The molecular formula is C22H18BrN3O2. The van der Waals surface area contributed by atoms with Crippen LogP contribution in [-0.2, 0) is 0 Å². The summed E-state index contributed by atoms with van der Waals surface area (Å²) in [5.41, 5.74) is 5.86. The third kappa shape index (κ3) is 5.37. The molecule has 0 radical (unpaired) electrons. The maximum Gasteiger partial charge on any atom is 0.271 e. The molecule has 0 aliphatic rings. The first-order valence-corrected chi connectivity index (χ1v) is 9.37. The largest absolute Gasteiger partial charge is 0.322 e. The van der Waals surface area contributed by atoms with Gasteiger partial charge in [-0.25, -0.2) is 5.43 Å². The van der Waals surface area contributed by atoms with Gasteiger partial charge in [0.15, 0.2) is 0 Å². The molecule has 0 fully saturated rings. The first kappa shape index (κ1) is 19.5. The second kappa shape index (κ2) is 9.10. The van der Waals surface area contributed by atoms with Crippen LogP contribution in [0.4, 0.5) is 5.69 Å². The normalized spacial score (nSPS) is 10.6. The highest BCUT2D eigenvalue weighted by atomic mass is 79.9. The molecule has 2 N–H and O–H groups in total. The van der Waals surface area contributed by atoms with E-state index in [-0.39, 0.29) is 11.8 Å². The van der Waals surface area contributed by atoms with Crippen molar-refractivity contribution < 1.29 is 9.59 Å². The second-order valence-electron chi connectivity index (χ2n) is 6.16. The summed E-state index contributed by atoms with van der Waals surface area (Å²) < 4.78 is 0.971. The lowest BCUT2D eigenvalue weighted by molar-refractivity contribution is 0.0953. The summed E-state index contributed by atoms with van der Waals surface area (Å²) in [5.74, 6) is -0.588. The van der Waals surface area contributed by atoms with Crippen LogP contribution in [0.25, 0.3) is 0 Å². The maximum absolute atomic E-state index is 12.4. The van der Waals surface area contributed by atoms with Crippen molar-refractivity contribution in [2.75, 3.05) is 5.32 Å². The SMILES string of the molecule is Cc1cccc(C(=O)Nc2cccc(C(=O)N/N=C/c3ccc(Br)cc3)c2)c1. The Hall–Kier alpha value is -3.25. The van der Waals surface area contributed by atoms with Crippen LogP contribution in [0.5, 0.6) is 0 Å². The number of carbonyl (C=O) groups is 2. The molecule has 0 aliphatic heterocycles. The standard InChI is InChI=1S/C22H18BrN3O2/c1-15-4-2-5-17(12-15)21(27)25-20-7-3-6-18(13-20)22(28)26-24-14-16-8-10-19(23)11-9-16/h2-14H,1H3,(H,25,27)(H,26,28)/b24-14+. The van der Waals surface area contributed by atoms with E-state index in [2.05, 4.69) is 31.8 Å². The summed E-state index contributed by atoms with van der Waals surface area (Å²) in [5, 5.41) is 6.77. The van der Waals surface area contributed by atoms with Crippen LogP contribution < -0.4 is 10.7 Å². The fraction of sp³-hybridized carbons (Fsp3) is 0.0455. The molecule has 3 rings (SSSR count). The predicted molar refractivity (Wildman–Crippen MR) is 115 cm³/mol. The van der Waals surface area contributed by atoms with Crippen LogP contribution >= 0.6 is 15.9 Å². The van der Waals surface area contributed by atoms with E-state index in [1.165, 1.54) is 0 Å². The minimum Gasteiger partial charge on any atom is -0.322 e. The van der Waals surface area contributed by atoms with E-state index in [4.69, 9.17) is 0 Å². The van der Waals surface area contributed by atoms with Gasteiger partial charge >= 0.3 is 0 Å². The van der Waals surface area contributed by atoms with E-state index in [1.807, 2.05) is 49.4 Å². The number of carbonyl (C=O) groups excluding carboxylic acids is 2. The highest BCUT2D eigenvalue weighted by Gasteiger charge is 2.09. The summed E-state index contributed by atoms with van der Waals surface area (Å²) in [4.78, 5) is 24.7. The summed E-state index contributed by atoms with van der Waals surface area (Å²) >= 11 is 3.37. The Morgan fingerprint density at radius 1 is 0.893 bits per heavy atom. The summed E-state index contributed by atoms with van der Waals surface area (Å²) in [6, 6.07) is 21.6. The number of halogens is 1. The van der Waals surface area contributed by atoms with E-state index >= 15 is 0 Å². The van der Waals surface area contributed by atoms with Gasteiger partial charge in [-0.3, -0.25) is 9.59 Å². The molecule has 0 aliphatic carbocycles. The van der Waals surface area contributed by atoms with Crippen molar-refractivity contribution in [3.05, 3.63) is 99.5 Å². The number of amides is 2. The van der Waals surface area contributed by atoms with Gasteiger partial charge in [-0.05, 0) is 55.0 Å². The molecule has 3 aromatic rings. The van der Waals surface area contributed by atoms with Crippen molar-refractivity contribution in [2.45, 2.75) is 6.92 Å². The number of aryl methyl sites for hydroxylation is 1. The third-order valence-electron chi connectivity index (χ3n) is 3.91. The number of nitrogens with one attached hydrogen (secondary N) is 2. The fourth-order valence-corrected chi connectivity index (χ4v) is 2.77. The van der Waals surface area contributed by atoms with Crippen LogP contribution in [0.2, 0.25) is 0 Å². The molecule has 3 aromatic carbocycles. The van der Waals surface area contributed by atoms with Gasteiger partial charge in [0.05, 0.1) is 6.21 Å². The van der Waals surface area contributed by atoms with E-state index in [0.29, 0.717) is 16.8 Å². The fourth-order valence-electron chi connectivity index (χ4n) is 2.51. The Morgan fingerprint density at radius 3 is 2.29 bits per heavy atom. The molecule has 28 heavy (non-hydrogen) atoms. The van der Waals surface area contributed by atoms with E-state index in [9.17, 15) is 9.59 Å². The number of benzene rings is 3. The Kier molecular flexibility index (Phi) is 6.34. The molecule has 0 heterocycles. The molecule has 0 unspecified atom stereocenters. The monoisotopic (exact) mass is 435 g/mol. The quantitative estimate of drug-likeness (QED) is 0.447. The van der Waals surface area contributed by atoms with Crippen molar-refractivity contribution in [1.82, 2.24) is 5.43 Å². The van der Waals surface area contributed by atoms with E-state index in [0.717, 1.165) is 15.6 Å². The number of hydrogen-bond acceptors (Lipinski definition) is 3. The minimum atomic E-state index is -0.361. The zero-order valence-electron chi connectivity index (χ0n) is 15.1. The number of hydrazone groups is 1. The lowest BCUT2D eigenvalue weighted by Crippen LogP contribution is -2.18. The van der Waals surface area contributed by atoms with Crippen LogP contribution in [-0.4, -0.2) is 18.0 Å².